The van der Waals surface area contributed by atoms with E-state index in [1.807, 2.05) is 30.7 Å². The number of hydrogen-bond donors (Lipinski definition) is 1. The second-order valence-corrected chi connectivity index (χ2v) is 5.96. The van der Waals surface area contributed by atoms with Gasteiger partial charge in [-0.2, -0.15) is 5.10 Å². The number of carbonyl (C=O) groups is 1. The lowest BCUT2D eigenvalue weighted by Crippen LogP contribution is -2.13. The van der Waals surface area contributed by atoms with Gasteiger partial charge in [-0.25, -0.2) is 0 Å². The van der Waals surface area contributed by atoms with Gasteiger partial charge >= 0.3 is 0 Å². The molecule has 0 saturated carbocycles. The predicted molar refractivity (Wildman–Crippen MR) is 84.2 cm³/mol. The summed E-state index contributed by atoms with van der Waals surface area (Å²) in [5, 5.41) is 7.42. The van der Waals surface area contributed by atoms with E-state index in [9.17, 15) is 4.79 Å². The molecular formula is C15H18BrN3O. The summed E-state index contributed by atoms with van der Waals surface area (Å²) in [5.74, 6) is -0.124. The number of nitrogens with one attached hydrogen (secondary N) is 1. The van der Waals surface area contributed by atoms with Gasteiger partial charge in [0.05, 0.1) is 17.1 Å². The van der Waals surface area contributed by atoms with Crippen LogP contribution >= 0.6 is 15.9 Å². The average Bonchev–Trinajstić information content (AvgIpc) is 2.67. The van der Waals surface area contributed by atoms with E-state index in [1.165, 1.54) is 0 Å². The highest BCUT2D eigenvalue weighted by molar-refractivity contribution is 9.10. The van der Waals surface area contributed by atoms with Gasteiger partial charge in [0.1, 0.15) is 0 Å². The smallest absolute Gasteiger partial charge is 0.255 e. The Morgan fingerprint density at radius 3 is 2.60 bits per heavy atom. The van der Waals surface area contributed by atoms with Crippen molar-refractivity contribution in [1.82, 2.24) is 9.78 Å². The highest BCUT2D eigenvalue weighted by Gasteiger charge is 2.16. The number of aryl methyl sites for hydroxylation is 1. The molecule has 4 nitrogen and oxygen atoms in total. The topological polar surface area (TPSA) is 46.9 Å². The van der Waals surface area contributed by atoms with Crippen LogP contribution in [0, 0.1) is 13.8 Å². The summed E-state index contributed by atoms with van der Waals surface area (Å²) >= 11 is 3.37. The maximum Gasteiger partial charge on any atom is 0.255 e. The van der Waals surface area contributed by atoms with Crippen LogP contribution in [-0.2, 0) is 0 Å². The first kappa shape index (κ1) is 14.8. The van der Waals surface area contributed by atoms with Gasteiger partial charge < -0.3 is 5.32 Å². The zero-order chi connectivity index (χ0) is 14.9. The molecule has 0 atom stereocenters. The molecule has 0 aliphatic rings. The third kappa shape index (κ3) is 2.93. The first-order valence-corrected chi connectivity index (χ1v) is 7.32. The number of aromatic nitrogens is 2. The fourth-order valence-corrected chi connectivity index (χ4v) is 2.56. The summed E-state index contributed by atoms with van der Waals surface area (Å²) in [6.07, 6.45) is 0. The fraction of sp³-hybridized carbons (Fsp3) is 0.333. The zero-order valence-corrected chi connectivity index (χ0v) is 13.7. The van der Waals surface area contributed by atoms with Gasteiger partial charge in [-0.15, -0.1) is 0 Å². The minimum atomic E-state index is -0.124. The fourth-order valence-electron chi connectivity index (χ4n) is 2.16. The van der Waals surface area contributed by atoms with Gasteiger partial charge in [-0.05, 0) is 45.9 Å². The largest absolute Gasteiger partial charge is 0.319 e. The molecule has 2 aromatic rings. The Kier molecular flexibility index (Phi) is 4.28. The number of amides is 1. The minimum absolute atomic E-state index is 0.124. The maximum absolute atomic E-state index is 12.3. The Morgan fingerprint density at radius 2 is 2.05 bits per heavy atom. The molecule has 0 radical (unpaired) electrons. The molecule has 0 spiro atoms. The summed E-state index contributed by atoms with van der Waals surface area (Å²) in [4.78, 5) is 12.3. The van der Waals surface area contributed by atoms with Crippen LogP contribution in [0.4, 0.5) is 5.69 Å². The Hall–Kier alpha value is -1.62. The first-order valence-electron chi connectivity index (χ1n) is 6.52. The summed E-state index contributed by atoms with van der Waals surface area (Å²) < 4.78 is 2.81. The van der Waals surface area contributed by atoms with Gasteiger partial charge in [0, 0.05) is 16.1 Å². The first-order chi connectivity index (χ1) is 9.40. The molecule has 0 fully saturated rings. The van der Waals surface area contributed by atoms with Crippen LogP contribution in [-0.4, -0.2) is 15.7 Å². The van der Waals surface area contributed by atoms with Gasteiger partial charge in [0.15, 0.2) is 0 Å². The molecule has 106 valence electrons. The van der Waals surface area contributed by atoms with Crippen molar-refractivity contribution in [2.24, 2.45) is 0 Å². The molecule has 1 aromatic carbocycles. The Balaban J connectivity index is 2.29. The van der Waals surface area contributed by atoms with Crippen LogP contribution in [0.25, 0.3) is 0 Å². The van der Waals surface area contributed by atoms with E-state index in [1.54, 1.807) is 12.1 Å². The molecule has 2 rings (SSSR count). The molecule has 1 amide bonds. The second kappa shape index (κ2) is 5.79. The number of rotatable bonds is 3. The van der Waals surface area contributed by atoms with E-state index in [0.717, 1.165) is 21.5 Å². The lowest BCUT2D eigenvalue weighted by Gasteiger charge is -2.09. The Morgan fingerprint density at radius 1 is 1.35 bits per heavy atom. The van der Waals surface area contributed by atoms with Crippen molar-refractivity contribution in [3.05, 3.63) is 45.7 Å². The number of halogens is 1. The predicted octanol–water partition coefficient (Wildman–Crippen LogP) is 4.10. The zero-order valence-electron chi connectivity index (χ0n) is 12.1. The van der Waals surface area contributed by atoms with E-state index in [4.69, 9.17) is 0 Å². The number of nitrogens with zero attached hydrogens (tertiary/aromatic N) is 2. The van der Waals surface area contributed by atoms with Crippen LogP contribution < -0.4 is 5.32 Å². The molecule has 0 aliphatic heterocycles. The molecule has 1 aromatic heterocycles. The average molecular weight is 336 g/mol. The van der Waals surface area contributed by atoms with Crippen molar-refractivity contribution in [2.75, 3.05) is 5.32 Å². The summed E-state index contributed by atoms with van der Waals surface area (Å²) in [6.45, 7) is 8.01. The van der Waals surface area contributed by atoms with Gasteiger partial charge in [0.2, 0.25) is 0 Å². The molecule has 0 unspecified atom stereocenters. The van der Waals surface area contributed by atoms with Crippen molar-refractivity contribution >= 4 is 27.5 Å². The molecule has 5 heteroatoms. The monoisotopic (exact) mass is 335 g/mol. The second-order valence-electron chi connectivity index (χ2n) is 5.05. The minimum Gasteiger partial charge on any atom is -0.319 e. The van der Waals surface area contributed by atoms with E-state index in [2.05, 4.69) is 40.2 Å². The van der Waals surface area contributed by atoms with Crippen LogP contribution in [0.15, 0.2) is 28.7 Å². The number of hydrogen-bond acceptors (Lipinski definition) is 2. The maximum atomic E-state index is 12.3. The van der Waals surface area contributed by atoms with Crippen molar-refractivity contribution in [1.29, 1.82) is 0 Å². The molecular weight excluding hydrogens is 318 g/mol. The van der Waals surface area contributed by atoms with E-state index >= 15 is 0 Å². The summed E-state index contributed by atoms with van der Waals surface area (Å²) in [5.41, 5.74) is 3.22. The summed E-state index contributed by atoms with van der Waals surface area (Å²) in [7, 11) is 0. The lowest BCUT2D eigenvalue weighted by molar-refractivity contribution is 0.102. The molecule has 1 heterocycles. The van der Waals surface area contributed by atoms with Crippen LogP contribution in [0.2, 0.25) is 0 Å². The van der Waals surface area contributed by atoms with Crippen LogP contribution in [0.1, 0.15) is 41.6 Å². The quantitative estimate of drug-likeness (QED) is 0.917. The molecule has 0 bridgehead atoms. The summed E-state index contributed by atoms with van der Waals surface area (Å²) in [6, 6.07) is 7.59. The normalized spacial score (nSPS) is 10.9. The van der Waals surface area contributed by atoms with E-state index in [0.29, 0.717) is 5.56 Å². The van der Waals surface area contributed by atoms with Crippen LogP contribution in [0.3, 0.4) is 0 Å². The standard InChI is InChI=1S/C15H18BrN3O/c1-9(2)19-11(4)14(10(3)18-19)17-15(20)12-6-5-7-13(16)8-12/h5-9H,1-4H3,(H,17,20). The van der Waals surface area contributed by atoms with Crippen molar-refractivity contribution in [3.8, 4) is 0 Å². The van der Waals surface area contributed by atoms with Gasteiger partial charge in [-0.1, -0.05) is 22.0 Å². The SMILES string of the molecule is Cc1nn(C(C)C)c(C)c1NC(=O)c1cccc(Br)c1. The Labute approximate surface area is 127 Å². The third-order valence-corrected chi connectivity index (χ3v) is 3.63. The Bertz CT molecular complexity index is 647. The van der Waals surface area contributed by atoms with Gasteiger partial charge in [-0.3, -0.25) is 9.48 Å². The molecule has 0 saturated heterocycles. The molecule has 20 heavy (non-hydrogen) atoms. The van der Waals surface area contributed by atoms with Gasteiger partial charge in [0.25, 0.3) is 5.91 Å². The van der Waals surface area contributed by atoms with Crippen molar-refractivity contribution < 1.29 is 4.79 Å². The number of anilines is 1. The highest BCUT2D eigenvalue weighted by Crippen LogP contribution is 2.23. The molecule has 1 N–H and O–H groups in total. The van der Waals surface area contributed by atoms with Crippen LogP contribution in [0.5, 0.6) is 0 Å². The lowest BCUT2D eigenvalue weighted by atomic mass is 10.2. The molecule has 0 aliphatic carbocycles. The number of benzene rings is 1. The van der Waals surface area contributed by atoms with E-state index in [-0.39, 0.29) is 11.9 Å². The van der Waals surface area contributed by atoms with E-state index < -0.39 is 0 Å². The number of carbonyl (C=O) groups excluding carboxylic acids is 1. The van der Waals surface area contributed by atoms with Crippen molar-refractivity contribution in [3.63, 3.8) is 0 Å². The highest BCUT2D eigenvalue weighted by atomic mass is 79.9. The third-order valence-electron chi connectivity index (χ3n) is 3.14. The van der Waals surface area contributed by atoms with Crippen molar-refractivity contribution in [2.45, 2.75) is 33.7 Å².